The number of hydrogen-bond donors (Lipinski definition) is 2. The number of phenols is 1. The highest BCUT2D eigenvalue weighted by molar-refractivity contribution is 5.83. The van der Waals surface area contributed by atoms with Crippen LogP contribution in [-0.4, -0.2) is 16.4 Å². The Labute approximate surface area is 72.8 Å². The summed E-state index contributed by atoms with van der Waals surface area (Å²) in [5.41, 5.74) is 6.40. The van der Waals surface area contributed by atoms with E-state index in [9.17, 15) is 9.90 Å². The minimum Gasteiger partial charge on any atom is -0.506 e. The quantitative estimate of drug-likeness (QED) is 0.385. The van der Waals surface area contributed by atoms with Crippen LogP contribution in [0.3, 0.4) is 0 Å². The van der Waals surface area contributed by atoms with E-state index >= 15 is 0 Å². The number of nitrogens with zero attached hydrogens (tertiary/aromatic N) is 1. The molecule has 0 bridgehead atoms. The van der Waals surface area contributed by atoms with Crippen molar-refractivity contribution in [2.75, 3.05) is 5.73 Å². The van der Waals surface area contributed by atoms with Crippen LogP contribution in [0.4, 0.5) is 5.69 Å². The van der Waals surface area contributed by atoms with Gasteiger partial charge in [-0.3, -0.25) is 4.79 Å². The van der Waals surface area contributed by atoms with E-state index in [1.54, 1.807) is 0 Å². The number of aromatic hydroxyl groups is 1. The Morgan fingerprint density at radius 2 is 2.31 bits per heavy atom. The number of carbonyl (C=O) groups is 1. The van der Waals surface area contributed by atoms with Gasteiger partial charge >= 0.3 is 0 Å². The molecule has 5 heteroatoms. The lowest BCUT2D eigenvalue weighted by Crippen LogP contribution is -1.84. The number of anilines is 1. The number of aldehydes is 1. The summed E-state index contributed by atoms with van der Waals surface area (Å²) < 4.78 is 4.98. The lowest BCUT2D eigenvalue weighted by Gasteiger charge is -1.94. The summed E-state index contributed by atoms with van der Waals surface area (Å²) in [6, 6.07) is 2.77. The SMILES string of the molecule is Nc1cc2oc(C=O)nc2cc1O. The van der Waals surface area contributed by atoms with Crippen molar-refractivity contribution in [2.45, 2.75) is 0 Å². The maximum absolute atomic E-state index is 10.3. The number of nitrogens with two attached hydrogens (primary N) is 1. The van der Waals surface area contributed by atoms with E-state index in [0.717, 1.165) is 0 Å². The number of fused-ring (bicyclic) bond motifs is 1. The summed E-state index contributed by atoms with van der Waals surface area (Å²) in [5, 5.41) is 9.20. The molecule has 1 aromatic carbocycles. The number of aromatic nitrogens is 1. The zero-order valence-electron chi connectivity index (χ0n) is 6.52. The largest absolute Gasteiger partial charge is 0.506 e. The zero-order valence-corrected chi connectivity index (χ0v) is 6.52. The van der Waals surface area contributed by atoms with Crippen LogP contribution in [0.1, 0.15) is 10.7 Å². The van der Waals surface area contributed by atoms with E-state index in [0.29, 0.717) is 17.4 Å². The highest BCUT2D eigenvalue weighted by Crippen LogP contribution is 2.26. The fraction of sp³-hybridized carbons (Fsp3) is 0. The third-order valence-electron chi connectivity index (χ3n) is 1.65. The Kier molecular flexibility index (Phi) is 1.45. The Morgan fingerprint density at radius 3 is 3.00 bits per heavy atom. The van der Waals surface area contributed by atoms with Gasteiger partial charge in [0.25, 0.3) is 5.89 Å². The van der Waals surface area contributed by atoms with Gasteiger partial charge in [-0.1, -0.05) is 0 Å². The van der Waals surface area contributed by atoms with Crippen molar-refractivity contribution in [1.82, 2.24) is 4.98 Å². The second-order valence-electron chi connectivity index (χ2n) is 2.55. The van der Waals surface area contributed by atoms with E-state index in [2.05, 4.69) is 4.98 Å². The lowest BCUT2D eigenvalue weighted by atomic mass is 10.3. The molecule has 3 N–H and O–H groups in total. The van der Waals surface area contributed by atoms with Crippen LogP contribution >= 0.6 is 0 Å². The number of rotatable bonds is 1. The molecule has 0 fully saturated rings. The van der Waals surface area contributed by atoms with Crippen LogP contribution in [0.15, 0.2) is 16.5 Å². The van der Waals surface area contributed by atoms with Crippen LogP contribution in [0, 0.1) is 0 Å². The molecular weight excluding hydrogens is 172 g/mol. The first-order valence-electron chi connectivity index (χ1n) is 3.55. The Hall–Kier alpha value is -2.04. The molecule has 0 aliphatic rings. The number of nitrogen functional groups attached to an aromatic ring is 1. The molecule has 13 heavy (non-hydrogen) atoms. The Bertz CT molecular complexity index is 436. The molecular formula is C8H6N2O3. The third-order valence-corrected chi connectivity index (χ3v) is 1.65. The molecule has 0 saturated heterocycles. The fourth-order valence-electron chi connectivity index (χ4n) is 1.05. The molecule has 0 unspecified atom stereocenters. The molecule has 2 rings (SSSR count). The van der Waals surface area contributed by atoms with Crippen LogP contribution in [0.25, 0.3) is 11.1 Å². The summed E-state index contributed by atoms with van der Waals surface area (Å²) in [6.07, 6.45) is 0.493. The predicted octanol–water partition coefficient (Wildman–Crippen LogP) is 0.928. The summed E-state index contributed by atoms with van der Waals surface area (Å²) in [4.78, 5) is 14.1. The summed E-state index contributed by atoms with van der Waals surface area (Å²) in [5.74, 6) is -0.0988. The average molecular weight is 178 g/mol. The van der Waals surface area contributed by atoms with Gasteiger partial charge < -0.3 is 15.3 Å². The van der Waals surface area contributed by atoms with Crippen LogP contribution in [0.5, 0.6) is 5.75 Å². The molecule has 0 atom stereocenters. The summed E-state index contributed by atoms with van der Waals surface area (Å²) in [6.45, 7) is 0. The number of oxazole rings is 1. The number of hydrogen-bond acceptors (Lipinski definition) is 5. The van der Waals surface area contributed by atoms with Gasteiger partial charge in [0.2, 0.25) is 6.29 Å². The molecule has 2 aromatic rings. The molecule has 0 aliphatic carbocycles. The van der Waals surface area contributed by atoms with Gasteiger partial charge in [0, 0.05) is 12.1 Å². The van der Waals surface area contributed by atoms with Crippen LogP contribution < -0.4 is 5.73 Å². The highest BCUT2D eigenvalue weighted by Gasteiger charge is 2.07. The van der Waals surface area contributed by atoms with Crippen LogP contribution in [-0.2, 0) is 0 Å². The Balaban J connectivity index is 2.77. The average Bonchev–Trinajstić information content (AvgIpc) is 2.48. The minimum atomic E-state index is -0.0711. The molecule has 0 radical (unpaired) electrons. The molecule has 1 heterocycles. The highest BCUT2D eigenvalue weighted by atomic mass is 16.4. The molecule has 0 saturated carbocycles. The first kappa shape index (κ1) is 7.60. The molecule has 1 aromatic heterocycles. The second kappa shape index (κ2) is 2.48. The summed E-state index contributed by atoms with van der Waals surface area (Å²) in [7, 11) is 0. The maximum Gasteiger partial charge on any atom is 0.260 e. The second-order valence-corrected chi connectivity index (χ2v) is 2.55. The lowest BCUT2D eigenvalue weighted by molar-refractivity contribution is 0.109. The number of carbonyl (C=O) groups excluding carboxylic acids is 1. The van der Waals surface area contributed by atoms with E-state index in [-0.39, 0.29) is 17.3 Å². The topological polar surface area (TPSA) is 89.4 Å². The van der Waals surface area contributed by atoms with Gasteiger partial charge in [-0.25, -0.2) is 4.98 Å². The van der Waals surface area contributed by atoms with Crippen molar-refractivity contribution in [2.24, 2.45) is 0 Å². The monoisotopic (exact) mass is 178 g/mol. The van der Waals surface area contributed by atoms with Gasteiger partial charge in [-0.2, -0.15) is 0 Å². The fourth-order valence-corrected chi connectivity index (χ4v) is 1.05. The minimum absolute atomic E-state index is 0.0278. The molecule has 5 nitrogen and oxygen atoms in total. The van der Waals surface area contributed by atoms with Crippen LogP contribution in [0.2, 0.25) is 0 Å². The number of benzene rings is 1. The van der Waals surface area contributed by atoms with E-state index in [1.807, 2.05) is 0 Å². The summed E-state index contributed by atoms with van der Waals surface area (Å²) >= 11 is 0. The van der Waals surface area contributed by atoms with Crippen molar-refractivity contribution in [3.63, 3.8) is 0 Å². The molecule has 66 valence electrons. The zero-order chi connectivity index (χ0) is 9.42. The normalized spacial score (nSPS) is 10.5. The Morgan fingerprint density at radius 1 is 1.54 bits per heavy atom. The van der Waals surface area contributed by atoms with Crippen molar-refractivity contribution in [3.05, 3.63) is 18.0 Å². The predicted molar refractivity (Wildman–Crippen MR) is 45.5 cm³/mol. The van der Waals surface area contributed by atoms with Crippen molar-refractivity contribution < 1.29 is 14.3 Å². The molecule has 0 aliphatic heterocycles. The maximum atomic E-state index is 10.3. The van der Waals surface area contributed by atoms with Crippen molar-refractivity contribution >= 4 is 23.1 Å². The van der Waals surface area contributed by atoms with Gasteiger partial charge in [-0.05, 0) is 0 Å². The van der Waals surface area contributed by atoms with E-state index < -0.39 is 0 Å². The third kappa shape index (κ3) is 1.10. The first-order chi connectivity index (χ1) is 6.20. The smallest absolute Gasteiger partial charge is 0.260 e. The van der Waals surface area contributed by atoms with Crippen molar-refractivity contribution in [3.8, 4) is 5.75 Å². The standard InChI is InChI=1S/C8H6N2O3/c9-4-1-7-5(2-6(4)12)10-8(3-11)13-7/h1-3,12H,9H2. The molecule has 0 amide bonds. The van der Waals surface area contributed by atoms with Crippen molar-refractivity contribution in [1.29, 1.82) is 0 Å². The first-order valence-corrected chi connectivity index (χ1v) is 3.55. The van der Waals surface area contributed by atoms with Gasteiger partial charge in [0.05, 0.1) is 5.69 Å². The van der Waals surface area contributed by atoms with E-state index in [4.69, 9.17) is 10.2 Å². The van der Waals surface area contributed by atoms with Gasteiger partial charge in [-0.15, -0.1) is 0 Å². The van der Waals surface area contributed by atoms with Gasteiger partial charge in [0.1, 0.15) is 11.3 Å². The van der Waals surface area contributed by atoms with E-state index in [1.165, 1.54) is 12.1 Å². The van der Waals surface area contributed by atoms with Gasteiger partial charge in [0.15, 0.2) is 5.58 Å². The molecule has 0 spiro atoms. The number of phenolic OH excluding ortho intramolecular Hbond substituents is 1.